The fraction of sp³-hybridized carbons (Fsp3) is 0.857. The molecule has 0 bridgehead atoms. The van der Waals surface area contributed by atoms with Gasteiger partial charge in [0, 0.05) is 50.9 Å². The van der Waals surface area contributed by atoms with Crippen molar-refractivity contribution in [2.45, 2.75) is 83.2 Å². The van der Waals surface area contributed by atoms with Gasteiger partial charge in [-0.3, -0.25) is 9.46 Å². The lowest BCUT2D eigenvalue weighted by Gasteiger charge is -2.35. The van der Waals surface area contributed by atoms with Crippen LogP contribution in [0.2, 0.25) is 0 Å². The molecule has 1 aromatic heterocycles. The van der Waals surface area contributed by atoms with Crippen molar-refractivity contribution in [3.63, 3.8) is 0 Å². The number of hydrogen-bond donors (Lipinski definition) is 5. The van der Waals surface area contributed by atoms with Crippen LogP contribution in [-0.2, 0) is 9.09 Å². The van der Waals surface area contributed by atoms with Crippen LogP contribution in [0, 0.1) is 5.92 Å². The number of nitrogen functional groups attached to an aromatic ring is 1. The van der Waals surface area contributed by atoms with E-state index in [1.54, 1.807) is 6.92 Å². The molecular weight excluding hydrogens is 527 g/mol. The Morgan fingerprint density at radius 3 is 2.50 bits per heavy atom. The smallest absolute Gasteiger partial charge is 0.329 e. The molecule has 0 radical (unpaired) electrons. The number of nitrogens with two attached hydrogens (primary N) is 1. The minimum atomic E-state index is -3.49. The highest BCUT2D eigenvalue weighted by atomic mass is 31.2. The van der Waals surface area contributed by atoms with E-state index in [0.717, 1.165) is 76.4 Å². The number of piperazine rings is 1. The van der Waals surface area contributed by atoms with Gasteiger partial charge in [0.2, 0.25) is 5.95 Å². The van der Waals surface area contributed by atoms with Crippen molar-refractivity contribution < 1.29 is 14.0 Å². The Morgan fingerprint density at radius 1 is 1.02 bits per heavy atom. The Morgan fingerprint density at radius 2 is 1.77 bits per heavy atom. The van der Waals surface area contributed by atoms with Crippen LogP contribution in [-0.4, -0.2) is 97.0 Å². The monoisotopic (exact) mass is 580 g/mol. The number of anilines is 3. The van der Waals surface area contributed by atoms with Crippen LogP contribution < -0.4 is 26.6 Å². The highest BCUT2D eigenvalue weighted by molar-refractivity contribution is 7.52. The summed E-state index contributed by atoms with van der Waals surface area (Å²) in [4.78, 5) is 23.5. The molecule has 12 heteroatoms. The molecule has 3 fully saturated rings. The van der Waals surface area contributed by atoms with E-state index in [4.69, 9.17) is 15.2 Å². The molecule has 1 aromatic rings. The van der Waals surface area contributed by atoms with E-state index in [1.807, 2.05) is 6.07 Å². The van der Waals surface area contributed by atoms with Gasteiger partial charge in [-0.2, -0.15) is 9.97 Å². The lowest BCUT2D eigenvalue weighted by atomic mass is 9.86. The van der Waals surface area contributed by atoms with E-state index in [1.165, 1.54) is 51.4 Å². The zero-order valence-corrected chi connectivity index (χ0v) is 25.4. The third kappa shape index (κ3) is 10.7. The second kappa shape index (κ2) is 16.2. The summed E-state index contributed by atoms with van der Waals surface area (Å²) in [7, 11) is -3.49. The summed E-state index contributed by atoms with van der Waals surface area (Å²) in [6, 6.07) is 2.97. The minimum absolute atomic E-state index is 0.158. The van der Waals surface area contributed by atoms with Gasteiger partial charge >= 0.3 is 7.60 Å². The molecule has 4 rings (SSSR count). The Bertz CT molecular complexity index is 919. The zero-order chi connectivity index (χ0) is 28.2. The molecule has 0 spiro atoms. The SMILES string of the molecule is CCOP(=O)(O)CCN1CCN(c2cc(N)nc(NC3CCC(CNCCCNC4CCCCC4)CC3)n2)CC1. The maximum atomic E-state index is 12.0. The van der Waals surface area contributed by atoms with Gasteiger partial charge in [-0.15, -0.1) is 0 Å². The quantitative estimate of drug-likeness (QED) is 0.154. The van der Waals surface area contributed by atoms with E-state index < -0.39 is 7.60 Å². The molecule has 1 saturated heterocycles. The second-order valence-electron chi connectivity index (χ2n) is 11.8. The molecule has 2 saturated carbocycles. The molecule has 2 heterocycles. The summed E-state index contributed by atoms with van der Waals surface area (Å²) >= 11 is 0. The number of nitrogens with zero attached hydrogens (tertiary/aromatic N) is 4. The maximum Gasteiger partial charge on any atom is 0.329 e. The zero-order valence-electron chi connectivity index (χ0n) is 24.5. The number of hydrogen-bond acceptors (Lipinski definition) is 10. The lowest BCUT2D eigenvalue weighted by molar-refractivity contribution is 0.245. The van der Waals surface area contributed by atoms with Crippen LogP contribution >= 0.6 is 7.60 Å². The minimum Gasteiger partial charge on any atom is -0.383 e. The predicted octanol–water partition coefficient (Wildman–Crippen LogP) is 3.28. The second-order valence-corrected chi connectivity index (χ2v) is 13.8. The van der Waals surface area contributed by atoms with Crippen molar-refractivity contribution >= 4 is 25.2 Å². The summed E-state index contributed by atoms with van der Waals surface area (Å²) < 4.78 is 17.0. The Labute approximate surface area is 240 Å². The first kappa shape index (κ1) is 31.4. The number of aromatic nitrogens is 2. The summed E-state index contributed by atoms with van der Waals surface area (Å²) in [5.74, 6) is 2.67. The Kier molecular flexibility index (Phi) is 12.8. The molecule has 1 unspecified atom stereocenters. The summed E-state index contributed by atoms with van der Waals surface area (Å²) in [6.07, 6.45) is 13.0. The highest BCUT2D eigenvalue weighted by Gasteiger charge is 2.25. The van der Waals surface area contributed by atoms with Crippen LogP contribution in [0.3, 0.4) is 0 Å². The largest absolute Gasteiger partial charge is 0.383 e. The molecule has 1 aliphatic heterocycles. The van der Waals surface area contributed by atoms with Gasteiger partial charge in [-0.1, -0.05) is 19.3 Å². The number of rotatable bonds is 15. The predicted molar refractivity (Wildman–Crippen MR) is 163 cm³/mol. The van der Waals surface area contributed by atoms with Crippen molar-refractivity contribution in [1.82, 2.24) is 25.5 Å². The highest BCUT2D eigenvalue weighted by Crippen LogP contribution is 2.41. The molecule has 40 heavy (non-hydrogen) atoms. The normalized spacial score (nSPS) is 24.6. The van der Waals surface area contributed by atoms with Crippen molar-refractivity contribution in [3.05, 3.63) is 6.07 Å². The lowest BCUT2D eigenvalue weighted by Crippen LogP contribution is -2.47. The molecule has 0 aromatic carbocycles. The van der Waals surface area contributed by atoms with Gasteiger partial charge in [0.05, 0.1) is 12.8 Å². The van der Waals surface area contributed by atoms with Gasteiger partial charge in [-0.25, -0.2) is 0 Å². The third-order valence-corrected chi connectivity index (χ3v) is 10.1. The van der Waals surface area contributed by atoms with Crippen molar-refractivity contribution in [1.29, 1.82) is 0 Å². The average molecular weight is 581 g/mol. The number of nitrogens with one attached hydrogen (secondary N) is 3. The Balaban J connectivity index is 1.12. The van der Waals surface area contributed by atoms with Gasteiger partial charge < -0.3 is 36.0 Å². The standard InChI is InChI=1S/C28H53N8O3P/c1-2-39-40(37,38)20-19-35-15-17-36(18-16-35)27-21-26(29)33-28(34-27)32-25-11-9-23(10-12-25)22-30-13-6-14-31-24-7-4-3-5-8-24/h21,23-25,30-31H,2-20,22H2,1H3,(H,37,38)(H3,29,32,33,34). The van der Waals surface area contributed by atoms with Crippen molar-refractivity contribution in [3.8, 4) is 0 Å². The van der Waals surface area contributed by atoms with Gasteiger partial charge in [0.25, 0.3) is 0 Å². The van der Waals surface area contributed by atoms with E-state index in [-0.39, 0.29) is 12.8 Å². The summed E-state index contributed by atoms with van der Waals surface area (Å²) in [5, 5.41) is 11.0. The first-order valence-electron chi connectivity index (χ1n) is 15.7. The Hall–Kier alpha value is -1.49. The van der Waals surface area contributed by atoms with E-state index >= 15 is 0 Å². The molecule has 6 N–H and O–H groups in total. The van der Waals surface area contributed by atoms with E-state index in [9.17, 15) is 9.46 Å². The fourth-order valence-electron chi connectivity index (χ4n) is 6.24. The van der Waals surface area contributed by atoms with Crippen molar-refractivity contribution in [2.24, 2.45) is 5.92 Å². The van der Waals surface area contributed by atoms with E-state index in [2.05, 4.69) is 30.7 Å². The van der Waals surface area contributed by atoms with E-state index in [0.29, 0.717) is 24.4 Å². The van der Waals surface area contributed by atoms with Crippen LogP contribution in [0.25, 0.3) is 0 Å². The van der Waals surface area contributed by atoms with Crippen LogP contribution in [0.1, 0.15) is 71.1 Å². The molecule has 3 aliphatic rings. The van der Waals surface area contributed by atoms with Gasteiger partial charge in [-0.05, 0) is 77.4 Å². The summed E-state index contributed by atoms with van der Waals surface area (Å²) in [6.45, 7) is 9.06. The van der Waals surface area contributed by atoms with Gasteiger partial charge in [0.1, 0.15) is 11.6 Å². The maximum absolute atomic E-state index is 12.0. The molecule has 11 nitrogen and oxygen atoms in total. The van der Waals surface area contributed by atoms with Crippen molar-refractivity contribution in [2.75, 3.05) is 81.1 Å². The molecule has 0 amide bonds. The third-order valence-electron chi connectivity index (χ3n) is 8.64. The first-order chi connectivity index (χ1) is 19.4. The van der Waals surface area contributed by atoms with Gasteiger partial charge in [0.15, 0.2) is 0 Å². The molecule has 228 valence electrons. The molecule has 1 atom stereocenters. The topological polar surface area (TPSA) is 141 Å². The molecular formula is C28H53N8O3P. The first-order valence-corrected chi connectivity index (χ1v) is 17.5. The average Bonchev–Trinajstić information content (AvgIpc) is 2.95. The molecule has 2 aliphatic carbocycles. The van der Waals surface area contributed by atoms with Crippen LogP contribution in [0.15, 0.2) is 6.07 Å². The van der Waals surface area contributed by atoms with Crippen LogP contribution in [0.5, 0.6) is 0 Å². The fourth-order valence-corrected chi connectivity index (χ4v) is 7.31. The summed E-state index contributed by atoms with van der Waals surface area (Å²) in [5.41, 5.74) is 6.16. The van der Waals surface area contributed by atoms with Crippen LogP contribution in [0.4, 0.5) is 17.6 Å².